The molecule has 120 valence electrons. The van der Waals surface area contributed by atoms with Crippen LogP contribution in [0.25, 0.3) is 0 Å². The first kappa shape index (κ1) is 20.1. The molecule has 0 atom stereocenters. The van der Waals surface area contributed by atoms with Gasteiger partial charge < -0.3 is 15.7 Å². The number of hydrogen-bond donors (Lipinski definition) is 3. The normalized spacial score (nSPS) is 11.2. The fraction of sp³-hybridized carbons (Fsp3) is 0.533. The molecule has 0 bridgehead atoms. The molecule has 0 fully saturated rings. The van der Waals surface area contributed by atoms with Gasteiger partial charge in [-0.25, -0.2) is 4.39 Å². The Labute approximate surface area is 143 Å². The molecule has 0 heterocycles. The van der Waals surface area contributed by atoms with Crippen molar-refractivity contribution in [2.75, 3.05) is 13.6 Å². The van der Waals surface area contributed by atoms with Gasteiger partial charge in [-0.05, 0) is 30.0 Å². The summed E-state index contributed by atoms with van der Waals surface area (Å²) in [4.78, 5) is 4.13. The van der Waals surface area contributed by atoms with Crippen LogP contribution in [0.4, 0.5) is 4.39 Å². The fourth-order valence-electron chi connectivity index (χ4n) is 1.74. The monoisotopic (exact) mass is 409 g/mol. The molecule has 0 aliphatic carbocycles. The highest BCUT2D eigenvalue weighted by atomic mass is 127. The summed E-state index contributed by atoms with van der Waals surface area (Å²) in [6.45, 7) is 5.46. The van der Waals surface area contributed by atoms with E-state index >= 15 is 0 Å². The van der Waals surface area contributed by atoms with Crippen molar-refractivity contribution in [1.82, 2.24) is 10.6 Å². The third kappa shape index (κ3) is 7.61. The molecular formula is C15H25FIN3O. The Morgan fingerprint density at radius 1 is 1.33 bits per heavy atom. The van der Waals surface area contributed by atoms with Crippen LogP contribution in [0.15, 0.2) is 23.2 Å². The molecule has 0 aliphatic heterocycles. The topological polar surface area (TPSA) is 56.7 Å². The van der Waals surface area contributed by atoms with Crippen molar-refractivity contribution in [1.29, 1.82) is 0 Å². The van der Waals surface area contributed by atoms with Crippen LogP contribution in [-0.2, 0) is 13.2 Å². The number of aliphatic imine (C=N–C) groups is 1. The Morgan fingerprint density at radius 2 is 2.05 bits per heavy atom. The third-order valence-corrected chi connectivity index (χ3v) is 2.98. The van der Waals surface area contributed by atoms with E-state index in [1.54, 1.807) is 19.2 Å². The zero-order valence-corrected chi connectivity index (χ0v) is 15.1. The number of nitrogens with one attached hydrogen (secondary N) is 2. The van der Waals surface area contributed by atoms with Gasteiger partial charge in [0.05, 0.1) is 6.61 Å². The van der Waals surface area contributed by atoms with Gasteiger partial charge in [0.2, 0.25) is 0 Å². The van der Waals surface area contributed by atoms with E-state index in [0.717, 1.165) is 24.5 Å². The average molecular weight is 409 g/mol. The van der Waals surface area contributed by atoms with Gasteiger partial charge >= 0.3 is 0 Å². The van der Waals surface area contributed by atoms with Gasteiger partial charge in [0.15, 0.2) is 5.96 Å². The zero-order valence-electron chi connectivity index (χ0n) is 12.8. The summed E-state index contributed by atoms with van der Waals surface area (Å²) in [5, 5.41) is 15.4. The predicted molar refractivity (Wildman–Crippen MR) is 95.4 cm³/mol. The highest BCUT2D eigenvalue weighted by molar-refractivity contribution is 14.0. The highest BCUT2D eigenvalue weighted by Crippen LogP contribution is 2.10. The lowest BCUT2D eigenvalue weighted by Gasteiger charge is -2.13. The van der Waals surface area contributed by atoms with Crippen LogP contribution in [0.2, 0.25) is 0 Å². The van der Waals surface area contributed by atoms with Gasteiger partial charge in [0.1, 0.15) is 5.82 Å². The number of benzene rings is 1. The largest absolute Gasteiger partial charge is 0.392 e. The summed E-state index contributed by atoms with van der Waals surface area (Å²) < 4.78 is 13.3. The summed E-state index contributed by atoms with van der Waals surface area (Å²) in [5.74, 6) is 0.987. The van der Waals surface area contributed by atoms with E-state index in [1.807, 2.05) is 0 Å². The van der Waals surface area contributed by atoms with Crippen molar-refractivity contribution >= 4 is 29.9 Å². The smallest absolute Gasteiger partial charge is 0.191 e. The van der Waals surface area contributed by atoms with Crippen molar-refractivity contribution in [3.05, 3.63) is 35.1 Å². The fourth-order valence-corrected chi connectivity index (χ4v) is 1.74. The van der Waals surface area contributed by atoms with Gasteiger partial charge in [-0.2, -0.15) is 0 Å². The number of aliphatic hydroxyl groups excluding tert-OH is 1. The molecule has 1 aromatic carbocycles. The zero-order chi connectivity index (χ0) is 15.0. The number of rotatable bonds is 6. The summed E-state index contributed by atoms with van der Waals surface area (Å²) in [7, 11) is 1.72. The van der Waals surface area contributed by atoms with Crippen LogP contribution in [0, 0.1) is 11.7 Å². The minimum atomic E-state index is -0.379. The van der Waals surface area contributed by atoms with Gasteiger partial charge in [0, 0.05) is 25.7 Å². The van der Waals surface area contributed by atoms with Gasteiger partial charge in [-0.15, -0.1) is 24.0 Å². The van der Waals surface area contributed by atoms with Crippen molar-refractivity contribution in [3.63, 3.8) is 0 Å². The minimum absolute atomic E-state index is 0. The molecule has 0 amide bonds. The number of halogens is 2. The van der Waals surface area contributed by atoms with Gasteiger partial charge in [-0.1, -0.05) is 19.9 Å². The Bertz CT molecular complexity index is 453. The first-order valence-electron chi connectivity index (χ1n) is 6.89. The molecule has 0 saturated carbocycles. The van der Waals surface area contributed by atoms with Crippen LogP contribution >= 0.6 is 24.0 Å². The Kier molecular flexibility index (Phi) is 10.3. The Morgan fingerprint density at radius 3 is 2.62 bits per heavy atom. The van der Waals surface area contributed by atoms with E-state index in [-0.39, 0.29) is 36.4 Å². The maximum Gasteiger partial charge on any atom is 0.191 e. The van der Waals surface area contributed by atoms with Crippen molar-refractivity contribution < 1.29 is 9.50 Å². The second kappa shape index (κ2) is 10.8. The first-order valence-corrected chi connectivity index (χ1v) is 6.89. The van der Waals surface area contributed by atoms with Crippen LogP contribution in [0.5, 0.6) is 0 Å². The molecular weight excluding hydrogens is 384 g/mol. The molecule has 0 spiro atoms. The standard InChI is InChI=1S/C15H24FN3O.HI/c1-11(2)6-7-18-15(17-3)19-9-12-4-5-14(16)13(8-12)10-20;/h4-5,8,11,20H,6-7,9-10H2,1-3H3,(H2,17,18,19);1H. The van der Waals surface area contributed by atoms with E-state index in [2.05, 4.69) is 29.5 Å². The Balaban J connectivity index is 0.00000400. The lowest BCUT2D eigenvalue weighted by molar-refractivity contribution is 0.275. The molecule has 6 heteroatoms. The second-order valence-corrected chi connectivity index (χ2v) is 5.12. The van der Waals surface area contributed by atoms with Gasteiger partial charge in [0.25, 0.3) is 0 Å². The van der Waals surface area contributed by atoms with E-state index in [1.165, 1.54) is 6.07 Å². The van der Waals surface area contributed by atoms with E-state index in [9.17, 15) is 4.39 Å². The molecule has 0 aliphatic rings. The van der Waals surface area contributed by atoms with E-state index < -0.39 is 0 Å². The van der Waals surface area contributed by atoms with Crippen molar-refractivity contribution in [2.24, 2.45) is 10.9 Å². The molecule has 4 nitrogen and oxygen atoms in total. The Hall–Kier alpha value is -0.890. The summed E-state index contributed by atoms with van der Waals surface area (Å²) >= 11 is 0. The first-order chi connectivity index (χ1) is 9.56. The van der Waals surface area contributed by atoms with Gasteiger partial charge in [-0.3, -0.25) is 4.99 Å². The summed E-state index contributed by atoms with van der Waals surface area (Å²) in [6, 6.07) is 4.73. The molecule has 0 radical (unpaired) electrons. The summed E-state index contributed by atoms with van der Waals surface area (Å²) in [5.41, 5.74) is 1.22. The third-order valence-electron chi connectivity index (χ3n) is 2.98. The second-order valence-electron chi connectivity index (χ2n) is 5.12. The maximum absolute atomic E-state index is 13.3. The number of aliphatic hydroxyl groups is 1. The molecule has 0 unspecified atom stereocenters. The number of guanidine groups is 1. The van der Waals surface area contributed by atoms with Crippen LogP contribution in [0.3, 0.4) is 0 Å². The SMILES string of the molecule is CN=C(NCCC(C)C)NCc1ccc(F)c(CO)c1.I. The van der Waals surface area contributed by atoms with Crippen LogP contribution in [0.1, 0.15) is 31.4 Å². The predicted octanol–water partition coefficient (Wildman–Crippen LogP) is 2.65. The van der Waals surface area contributed by atoms with E-state index in [0.29, 0.717) is 18.0 Å². The molecule has 1 rings (SSSR count). The highest BCUT2D eigenvalue weighted by Gasteiger charge is 2.04. The number of hydrogen-bond acceptors (Lipinski definition) is 2. The molecule has 0 aromatic heterocycles. The lowest BCUT2D eigenvalue weighted by Crippen LogP contribution is -2.37. The van der Waals surface area contributed by atoms with Crippen LogP contribution in [-0.4, -0.2) is 24.7 Å². The lowest BCUT2D eigenvalue weighted by atomic mass is 10.1. The quantitative estimate of drug-likeness (QED) is 0.385. The molecule has 1 aromatic rings. The minimum Gasteiger partial charge on any atom is -0.392 e. The average Bonchev–Trinajstić information content (AvgIpc) is 2.43. The molecule has 0 saturated heterocycles. The maximum atomic E-state index is 13.3. The van der Waals surface area contributed by atoms with Crippen LogP contribution < -0.4 is 10.6 Å². The van der Waals surface area contributed by atoms with Crippen molar-refractivity contribution in [3.8, 4) is 0 Å². The molecule has 21 heavy (non-hydrogen) atoms. The van der Waals surface area contributed by atoms with E-state index in [4.69, 9.17) is 5.11 Å². The van der Waals surface area contributed by atoms with Crippen molar-refractivity contribution in [2.45, 2.75) is 33.4 Å². The molecule has 3 N–H and O–H groups in total. The number of nitrogens with zero attached hydrogens (tertiary/aromatic N) is 1. The summed E-state index contributed by atoms with van der Waals surface area (Å²) in [6.07, 6.45) is 1.08.